The molecule has 0 saturated carbocycles. The number of benzene rings is 1. The van der Waals surface area contributed by atoms with Crippen LogP contribution < -0.4 is 0 Å². The number of hydrogen-bond acceptors (Lipinski definition) is 6. The van der Waals surface area contributed by atoms with Crippen molar-refractivity contribution < 1.29 is 19.3 Å². The fraction of sp³-hybridized carbons (Fsp3) is 0.391. The van der Waals surface area contributed by atoms with E-state index in [-0.39, 0.29) is 6.10 Å². The number of aromatic amines is 1. The first-order valence-corrected chi connectivity index (χ1v) is 10.5. The van der Waals surface area contributed by atoms with Crippen molar-refractivity contribution in [3.8, 4) is 0 Å². The Labute approximate surface area is 178 Å². The predicted molar refractivity (Wildman–Crippen MR) is 113 cm³/mol. The van der Waals surface area contributed by atoms with Gasteiger partial charge >= 0.3 is 0 Å². The third kappa shape index (κ3) is 2.83. The third-order valence-electron chi connectivity index (χ3n) is 6.30. The highest BCUT2D eigenvalue weighted by Crippen LogP contribution is 2.47. The van der Waals surface area contributed by atoms with Crippen LogP contribution in [0.1, 0.15) is 37.4 Å². The Bertz CT molecular complexity index is 1280. The Balaban J connectivity index is 1.42. The topological polar surface area (TPSA) is 94.4 Å². The van der Waals surface area contributed by atoms with E-state index in [1.807, 2.05) is 68.1 Å². The molecule has 8 heteroatoms. The van der Waals surface area contributed by atoms with Gasteiger partial charge in [-0.25, -0.2) is 9.97 Å². The monoisotopic (exact) mass is 420 g/mol. The van der Waals surface area contributed by atoms with E-state index in [1.165, 1.54) is 0 Å². The third-order valence-corrected chi connectivity index (χ3v) is 6.30. The number of nitrogens with one attached hydrogen (secondary N) is 1. The van der Waals surface area contributed by atoms with Gasteiger partial charge in [-0.2, -0.15) is 0 Å². The van der Waals surface area contributed by atoms with Crippen LogP contribution in [0.5, 0.6) is 0 Å². The lowest BCUT2D eigenvalue weighted by atomic mass is 9.97. The predicted octanol–water partition coefficient (Wildman–Crippen LogP) is 3.37. The van der Waals surface area contributed by atoms with Crippen LogP contribution in [0.3, 0.4) is 0 Å². The van der Waals surface area contributed by atoms with Crippen molar-refractivity contribution in [2.45, 2.75) is 57.2 Å². The van der Waals surface area contributed by atoms with E-state index in [9.17, 15) is 5.11 Å². The number of para-hydroxylation sites is 1. The lowest BCUT2D eigenvalue weighted by molar-refractivity contribution is -0.207. The van der Waals surface area contributed by atoms with Gasteiger partial charge in [0.15, 0.2) is 12.0 Å². The first kappa shape index (κ1) is 18.9. The molecule has 2 aliphatic rings. The summed E-state index contributed by atoms with van der Waals surface area (Å²) < 4.78 is 20.9. The minimum Gasteiger partial charge on any atom is -0.385 e. The first-order valence-electron chi connectivity index (χ1n) is 10.5. The lowest BCUT2D eigenvalue weighted by Crippen LogP contribution is -2.34. The summed E-state index contributed by atoms with van der Waals surface area (Å²) in [4.78, 5) is 12.0. The molecule has 0 aliphatic carbocycles. The number of ether oxygens (including phenoxy) is 3. The van der Waals surface area contributed by atoms with Crippen LogP contribution in [0.25, 0.3) is 21.9 Å². The molecule has 8 nitrogen and oxygen atoms in total. The van der Waals surface area contributed by atoms with Crippen LogP contribution in [-0.4, -0.2) is 48.7 Å². The zero-order valence-corrected chi connectivity index (χ0v) is 17.5. The van der Waals surface area contributed by atoms with Crippen LogP contribution in [0.4, 0.5) is 0 Å². The molecule has 0 spiro atoms. The molecule has 31 heavy (non-hydrogen) atoms. The lowest BCUT2D eigenvalue weighted by Gasteiger charge is -2.27. The van der Waals surface area contributed by atoms with Crippen molar-refractivity contribution in [1.82, 2.24) is 19.5 Å². The van der Waals surface area contributed by atoms with Crippen LogP contribution in [0.15, 0.2) is 49.1 Å². The molecule has 2 fully saturated rings. The van der Waals surface area contributed by atoms with Gasteiger partial charge in [0.05, 0.1) is 11.2 Å². The second-order valence-electron chi connectivity index (χ2n) is 8.71. The molecule has 2 saturated heterocycles. The van der Waals surface area contributed by atoms with Crippen molar-refractivity contribution in [3.63, 3.8) is 0 Å². The smallest absolute Gasteiger partial charge is 0.164 e. The molecule has 0 bridgehead atoms. The quantitative estimate of drug-likeness (QED) is 0.528. The minimum absolute atomic E-state index is 0.386. The summed E-state index contributed by atoms with van der Waals surface area (Å²) in [6, 6.07) is 9.83. The minimum atomic E-state index is -0.893. The molecule has 0 unspecified atom stereocenters. The Morgan fingerprint density at radius 1 is 1.13 bits per heavy atom. The van der Waals surface area contributed by atoms with E-state index in [4.69, 9.17) is 14.2 Å². The van der Waals surface area contributed by atoms with Crippen molar-refractivity contribution in [2.24, 2.45) is 0 Å². The van der Waals surface area contributed by atoms with E-state index < -0.39 is 30.3 Å². The number of nitrogens with zero attached hydrogens (tertiary/aromatic N) is 3. The number of fused-ring (bicyclic) bond motifs is 3. The number of aromatic nitrogens is 4. The van der Waals surface area contributed by atoms with Gasteiger partial charge in [-0.05, 0) is 38.3 Å². The van der Waals surface area contributed by atoms with Gasteiger partial charge in [0.25, 0.3) is 0 Å². The second kappa shape index (κ2) is 6.61. The molecule has 6 rings (SSSR count). The van der Waals surface area contributed by atoms with E-state index in [0.717, 1.165) is 33.2 Å². The number of rotatable bonds is 3. The number of aliphatic hydroxyl groups excluding tert-OH is 1. The fourth-order valence-electron chi connectivity index (χ4n) is 4.92. The second-order valence-corrected chi connectivity index (χ2v) is 8.71. The van der Waals surface area contributed by atoms with Gasteiger partial charge in [-0.15, -0.1) is 0 Å². The summed E-state index contributed by atoms with van der Waals surface area (Å²) in [5, 5.41) is 13.4. The standard InChI is InChI=1S/C23H24N4O4/c1-12-14-8-10-27(21(14)26-11-25-12)22-20-19(30-23(2,3)31-20)18(29-22)17(28)15-6-4-5-13-7-9-24-16(13)15/h4-11,17-20,22,24,28H,1-3H3/t17-,18-,19-,20-,22-/m1/s1. The SMILES string of the molecule is Cc1ncnc2c1ccn2[C@@H]1O[C@H]([C@H](O)c2cccc3cc[nH]c23)[C@H]2OC(C)(C)O[C@H]21. The van der Waals surface area contributed by atoms with Gasteiger partial charge in [0.2, 0.25) is 0 Å². The van der Waals surface area contributed by atoms with Crippen LogP contribution >= 0.6 is 0 Å². The fourth-order valence-corrected chi connectivity index (χ4v) is 4.92. The molecule has 2 N–H and O–H groups in total. The molecule has 3 aromatic heterocycles. The average molecular weight is 420 g/mol. The molecule has 160 valence electrons. The van der Waals surface area contributed by atoms with Gasteiger partial charge in [0.1, 0.15) is 36.4 Å². The first-order chi connectivity index (χ1) is 14.9. The maximum absolute atomic E-state index is 11.4. The molecular weight excluding hydrogens is 396 g/mol. The molecule has 0 radical (unpaired) electrons. The number of aliphatic hydroxyl groups is 1. The summed E-state index contributed by atoms with van der Waals surface area (Å²) in [5.41, 5.74) is 3.34. The van der Waals surface area contributed by atoms with Crippen LogP contribution in [0.2, 0.25) is 0 Å². The molecule has 2 aliphatic heterocycles. The van der Waals surface area contributed by atoms with Crippen LogP contribution in [-0.2, 0) is 14.2 Å². The van der Waals surface area contributed by atoms with Gasteiger partial charge < -0.3 is 28.9 Å². The normalized spacial score (nSPS) is 28.4. The Hall–Kier alpha value is -2.78. The van der Waals surface area contributed by atoms with E-state index in [1.54, 1.807) is 6.33 Å². The van der Waals surface area contributed by atoms with Gasteiger partial charge in [0, 0.05) is 23.3 Å². The Morgan fingerprint density at radius 2 is 1.97 bits per heavy atom. The summed E-state index contributed by atoms with van der Waals surface area (Å²) in [6.45, 7) is 5.73. The van der Waals surface area contributed by atoms with Crippen molar-refractivity contribution in [1.29, 1.82) is 0 Å². The highest BCUT2D eigenvalue weighted by atomic mass is 16.8. The maximum atomic E-state index is 11.4. The summed E-state index contributed by atoms with van der Waals surface area (Å²) >= 11 is 0. The number of aryl methyl sites for hydroxylation is 1. The molecule has 1 aromatic carbocycles. The zero-order valence-electron chi connectivity index (χ0n) is 17.5. The zero-order chi connectivity index (χ0) is 21.3. The maximum Gasteiger partial charge on any atom is 0.164 e. The van der Waals surface area contributed by atoms with Crippen molar-refractivity contribution in [3.05, 3.63) is 60.3 Å². The van der Waals surface area contributed by atoms with E-state index in [0.29, 0.717) is 0 Å². The molecular formula is C23H24N4O4. The molecule has 0 amide bonds. The summed E-state index contributed by atoms with van der Waals surface area (Å²) in [6.07, 6.45) is 2.55. The molecule has 4 aromatic rings. The molecule has 5 atom stereocenters. The summed E-state index contributed by atoms with van der Waals surface area (Å²) in [5.74, 6) is -0.776. The van der Waals surface area contributed by atoms with E-state index >= 15 is 0 Å². The average Bonchev–Trinajstić information content (AvgIpc) is 3.49. The largest absolute Gasteiger partial charge is 0.385 e. The highest BCUT2D eigenvalue weighted by molar-refractivity contribution is 5.83. The number of H-pyrrole nitrogens is 1. The van der Waals surface area contributed by atoms with E-state index in [2.05, 4.69) is 15.0 Å². The summed E-state index contributed by atoms with van der Waals surface area (Å²) in [7, 11) is 0. The van der Waals surface area contributed by atoms with Crippen molar-refractivity contribution >= 4 is 21.9 Å². The Morgan fingerprint density at radius 3 is 2.84 bits per heavy atom. The van der Waals surface area contributed by atoms with Crippen molar-refractivity contribution in [2.75, 3.05) is 0 Å². The van der Waals surface area contributed by atoms with Crippen LogP contribution in [0, 0.1) is 6.92 Å². The highest BCUT2D eigenvalue weighted by Gasteiger charge is 2.58. The van der Waals surface area contributed by atoms with Gasteiger partial charge in [-0.1, -0.05) is 18.2 Å². The van der Waals surface area contributed by atoms with Gasteiger partial charge in [-0.3, -0.25) is 0 Å². The molecule has 5 heterocycles. The Kier molecular flexibility index (Phi) is 4.04. The number of hydrogen-bond donors (Lipinski definition) is 2.